The van der Waals surface area contributed by atoms with E-state index < -0.39 is 0 Å². The molecule has 0 heterocycles. The van der Waals surface area contributed by atoms with Gasteiger partial charge in [0.1, 0.15) is 0 Å². The fourth-order valence-electron chi connectivity index (χ4n) is 4.38. The fourth-order valence-corrected chi connectivity index (χ4v) is 4.38. The van der Waals surface area contributed by atoms with Gasteiger partial charge >= 0.3 is 0 Å². The van der Waals surface area contributed by atoms with Crippen molar-refractivity contribution in [2.24, 2.45) is 0 Å². The molecule has 0 aliphatic rings. The Bertz CT molecular complexity index is 1320. The van der Waals surface area contributed by atoms with E-state index in [9.17, 15) is 9.59 Å². The Morgan fingerprint density at radius 2 is 1.04 bits per heavy atom. The van der Waals surface area contributed by atoms with Crippen molar-refractivity contribution < 1.29 is 9.59 Å². The van der Waals surface area contributed by atoms with Crippen LogP contribution < -0.4 is 10.6 Å². The van der Waals surface area contributed by atoms with Gasteiger partial charge in [-0.05, 0) is 49.8 Å². The summed E-state index contributed by atoms with van der Waals surface area (Å²) in [5, 5.41) is 13.8. The van der Waals surface area contributed by atoms with Crippen molar-refractivity contribution in [2.75, 3.05) is 14.1 Å². The molecule has 4 heteroatoms. The number of hydrogen-bond acceptors (Lipinski definition) is 2. The highest BCUT2D eigenvalue weighted by Crippen LogP contribution is 2.42. The van der Waals surface area contributed by atoms with Crippen molar-refractivity contribution in [2.45, 2.75) is 0 Å². The van der Waals surface area contributed by atoms with Crippen molar-refractivity contribution in [3.05, 3.63) is 71.8 Å². The molecule has 0 saturated heterocycles. The quantitative estimate of drug-likeness (QED) is 0.358. The standard InChI is InChI=1S/C24H18N2O2/c1-25-23(27)18-11-9-16-14-7-3-5-13-6-4-8-15(20(13)14)17-10-12-19(24(28)26-2)22(18)21(16)17/h3-12H,1-2H3,(H,25,27)(H,26,28). The van der Waals surface area contributed by atoms with Crippen molar-refractivity contribution in [1.82, 2.24) is 10.6 Å². The molecule has 4 nitrogen and oxygen atoms in total. The lowest BCUT2D eigenvalue weighted by atomic mass is 9.86. The second-order valence-electron chi connectivity index (χ2n) is 6.94. The SMILES string of the molecule is CNC(=O)c1ccc2c3cccc4cccc(c5ccc(C(=O)NC)c1c25)c43. The number of carbonyl (C=O) groups is 2. The molecule has 0 unspecified atom stereocenters. The molecule has 0 saturated carbocycles. The molecule has 0 fully saturated rings. The van der Waals surface area contributed by atoms with Gasteiger partial charge in [0.2, 0.25) is 0 Å². The van der Waals surface area contributed by atoms with E-state index in [-0.39, 0.29) is 11.8 Å². The van der Waals surface area contributed by atoms with E-state index in [0.717, 1.165) is 26.9 Å². The maximum Gasteiger partial charge on any atom is 0.251 e. The molecule has 0 spiro atoms. The van der Waals surface area contributed by atoms with Gasteiger partial charge in [-0.1, -0.05) is 48.5 Å². The molecule has 0 aliphatic carbocycles. The molecule has 136 valence electrons. The van der Waals surface area contributed by atoms with Gasteiger partial charge in [0.15, 0.2) is 0 Å². The minimum Gasteiger partial charge on any atom is -0.355 e. The van der Waals surface area contributed by atoms with Crippen LogP contribution in [0.1, 0.15) is 20.7 Å². The molecule has 28 heavy (non-hydrogen) atoms. The molecule has 0 aromatic heterocycles. The van der Waals surface area contributed by atoms with Crippen LogP contribution in [0, 0.1) is 0 Å². The summed E-state index contributed by atoms with van der Waals surface area (Å²) in [4.78, 5) is 25.2. The summed E-state index contributed by atoms with van der Waals surface area (Å²) >= 11 is 0. The first-order valence-electron chi connectivity index (χ1n) is 9.22. The molecule has 0 aliphatic heterocycles. The van der Waals surface area contributed by atoms with Crippen LogP contribution in [-0.4, -0.2) is 25.9 Å². The van der Waals surface area contributed by atoms with E-state index in [1.165, 1.54) is 10.8 Å². The average molecular weight is 366 g/mol. The average Bonchev–Trinajstić information content (AvgIpc) is 2.75. The van der Waals surface area contributed by atoms with Crippen LogP contribution in [0.5, 0.6) is 0 Å². The highest BCUT2D eigenvalue weighted by Gasteiger charge is 2.21. The highest BCUT2D eigenvalue weighted by molar-refractivity contribution is 6.36. The minimum atomic E-state index is -0.203. The predicted molar refractivity (Wildman–Crippen MR) is 114 cm³/mol. The number of benzene rings is 5. The van der Waals surface area contributed by atoms with Gasteiger partial charge in [0, 0.05) is 30.6 Å². The van der Waals surface area contributed by atoms with Crippen LogP contribution >= 0.6 is 0 Å². The number of hydrogen-bond donors (Lipinski definition) is 2. The Labute approximate surface area is 161 Å². The number of rotatable bonds is 2. The first-order chi connectivity index (χ1) is 13.7. The van der Waals surface area contributed by atoms with Crippen LogP contribution in [0.4, 0.5) is 0 Å². The molecule has 0 atom stereocenters. The van der Waals surface area contributed by atoms with Gasteiger partial charge in [0.25, 0.3) is 11.8 Å². The zero-order valence-corrected chi connectivity index (χ0v) is 15.6. The van der Waals surface area contributed by atoms with Crippen molar-refractivity contribution >= 4 is 54.9 Å². The molecular weight excluding hydrogens is 348 g/mol. The van der Waals surface area contributed by atoms with Crippen LogP contribution in [0.3, 0.4) is 0 Å². The summed E-state index contributed by atoms with van der Waals surface area (Å²) in [6.45, 7) is 0. The third kappa shape index (κ3) is 2.06. The zero-order chi connectivity index (χ0) is 19.4. The van der Waals surface area contributed by atoms with E-state index in [4.69, 9.17) is 0 Å². The zero-order valence-electron chi connectivity index (χ0n) is 15.6. The normalized spacial score (nSPS) is 11.5. The summed E-state index contributed by atoms with van der Waals surface area (Å²) in [6, 6.07) is 20.2. The summed E-state index contributed by atoms with van der Waals surface area (Å²) in [5.41, 5.74) is 1.02. The topological polar surface area (TPSA) is 58.2 Å². The maximum absolute atomic E-state index is 12.6. The summed E-state index contributed by atoms with van der Waals surface area (Å²) in [6.07, 6.45) is 0. The van der Waals surface area contributed by atoms with Gasteiger partial charge in [-0.3, -0.25) is 9.59 Å². The number of nitrogens with one attached hydrogen (secondary N) is 2. The predicted octanol–water partition coefficient (Wildman–Crippen LogP) is 4.46. The number of fused-ring (bicyclic) bond motifs is 2. The first kappa shape index (κ1) is 16.5. The number of carbonyl (C=O) groups excluding carboxylic acids is 2. The fraction of sp³-hybridized carbons (Fsp3) is 0.0833. The first-order valence-corrected chi connectivity index (χ1v) is 9.22. The lowest BCUT2D eigenvalue weighted by Crippen LogP contribution is -2.22. The summed E-state index contributed by atoms with van der Waals surface area (Å²) < 4.78 is 0. The molecule has 0 radical (unpaired) electrons. The van der Waals surface area contributed by atoms with Gasteiger partial charge in [-0.25, -0.2) is 0 Å². The molecule has 5 rings (SSSR count). The Morgan fingerprint density at radius 3 is 1.50 bits per heavy atom. The smallest absolute Gasteiger partial charge is 0.251 e. The highest BCUT2D eigenvalue weighted by atomic mass is 16.2. The van der Waals surface area contributed by atoms with Crippen LogP contribution in [0.2, 0.25) is 0 Å². The van der Waals surface area contributed by atoms with E-state index in [1.54, 1.807) is 14.1 Å². The second kappa shape index (κ2) is 5.92. The Morgan fingerprint density at radius 1 is 0.571 bits per heavy atom. The second-order valence-corrected chi connectivity index (χ2v) is 6.94. The van der Waals surface area contributed by atoms with Crippen molar-refractivity contribution in [3.63, 3.8) is 0 Å². The summed E-state index contributed by atoms with van der Waals surface area (Å²) in [7, 11) is 3.21. The third-order valence-electron chi connectivity index (χ3n) is 5.59. The number of amides is 2. The summed E-state index contributed by atoms with van der Waals surface area (Å²) in [5.74, 6) is -0.406. The Balaban J connectivity index is 2.12. The lowest BCUT2D eigenvalue weighted by Gasteiger charge is -2.18. The monoisotopic (exact) mass is 366 g/mol. The van der Waals surface area contributed by atoms with Gasteiger partial charge in [0.05, 0.1) is 0 Å². The van der Waals surface area contributed by atoms with Crippen LogP contribution in [-0.2, 0) is 0 Å². The Hall–Kier alpha value is -3.66. The Kier molecular flexibility index (Phi) is 3.49. The maximum atomic E-state index is 12.6. The van der Waals surface area contributed by atoms with E-state index in [2.05, 4.69) is 34.9 Å². The molecule has 0 bridgehead atoms. The molecule has 2 amide bonds. The molecule has 2 N–H and O–H groups in total. The van der Waals surface area contributed by atoms with Gasteiger partial charge in [-0.2, -0.15) is 0 Å². The lowest BCUT2D eigenvalue weighted by molar-refractivity contribution is 0.0962. The molecule has 5 aromatic rings. The van der Waals surface area contributed by atoms with Gasteiger partial charge < -0.3 is 10.6 Å². The molecular formula is C24H18N2O2. The van der Waals surface area contributed by atoms with Crippen LogP contribution in [0.25, 0.3) is 43.1 Å². The van der Waals surface area contributed by atoms with Crippen molar-refractivity contribution in [1.29, 1.82) is 0 Å². The van der Waals surface area contributed by atoms with E-state index >= 15 is 0 Å². The third-order valence-corrected chi connectivity index (χ3v) is 5.59. The molecule has 5 aromatic carbocycles. The van der Waals surface area contributed by atoms with Crippen molar-refractivity contribution in [3.8, 4) is 0 Å². The van der Waals surface area contributed by atoms with Crippen LogP contribution in [0.15, 0.2) is 60.7 Å². The van der Waals surface area contributed by atoms with Gasteiger partial charge in [-0.15, -0.1) is 0 Å². The van der Waals surface area contributed by atoms with E-state index in [0.29, 0.717) is 16.5 Å². The largest absolute Gasteiger partial charge is 0.355 e. The minimum absolute atomic E-state index is 0.203. The van der Waals surface area contributed by atoms with E-state index in [1.807, 2.05) is 36.4 Å².